The second-order valence-electron chi connectivity index (χ2n) is 32.7. The molecule has 8 bridgehead atoms. The molecule has 0 spiro atoms. The molecule has 1 atom stereocenters. The minimum Gasteiger partial charge on any atom is -0.357 e. The molecule has 16 heteroatoms. The van der Waals surface area contributed by atoms with Crippen molar-refractivity contribution >= 4 is 156 Å². The van der Waals surface area contributed by atoms with Crippen LogP contribution in [0.1, 0.15) is 0 Å². The molecular formula is C122H89N14PZn. The van der Waals surface area contributed by atoms with Gasteiger partial charge in [0.15, 0.2) is 0 Å². The van der Waals surface area contributed by atoms with Crippen molar-refractivity contribution in [2.45, 2.75) is 0 Å². The fourth-order valence-corrected chi connectivity index (χ4v) is 17.8. The monoisotopic (exact) mass is 1850 g/mol. The molecule has 1 unspecified atom stereocenters. The van der Waals surface area contributed by atoms with Crippen LogP contribution in [-0.2, 0) is 19.5 Å². The second-order valence-corrected chi connectivity index (χ2v) is 32.7. The Kier molecular flexibility index (Phi) is 25.4. The number of anilines is 18. The molecule has 0 saturated carbocycles. The first-order chi connectivity index (χ1) is 68.9. The normalized spacial score (nSPS) is 11.2. The van der Waals surface area contributed by atoms with Crippen LogP contribution in [0, 0.1) is 0 Å². The number of fused-ring (bicyclic) bond motifs is 20. The molecule has 14 nitrogen and oxygen atoms in total. The number of benzene rings is 19. The van der Waals surface area contributed by atoms with E-state index in [4.69, 9.17) is 42.4 Å². The van der Waals surface area contributed by atoms with Gasteiger partial charge in [-0.15, -0.1) is 0 Å². The molecule has 0 N–H and O–H groups in total. The van der Waals surface area contributed by atoms with Gasteiger partial charge in [-0.3, -0.25) is 0 Å². The summed E-state index contributed by atoms with van der Waals surface area (Å²) in [4.78, 5) is 53.0. The van der Waals surface area contributed by atoms with Crippen LogP contribution in [0.2, 0.25) is 0 Å². The molecule has 2 aliphatic heterocycles. The van der Waals surface area contributed by atoms with Crippen molar-refractivity contribution in [3.8, 4) is 56.7 Å². The molecule has 654 valence electrons. The van der Waals surface area contributed by atoms with Crippen molar-refractivity contribution < 1.29 is 19.5 Å². The number of aromatic nitrogens is 8. The predicted molar refractivity (Wildman–Crippen MR) is 572 cm³/mol. The number of para-hydroxylation sites is 10. The van der Waals surface area contributed by atoms with Crippen LogP contribution < -0.4 is 39.4 Å². The SMILES string of the molecule is [2H]P[3H].[Zn+2].c1ccc(N(c2ccccc2)c2ccc(-c3ccc(N(c4ccccc4)c4ccccc4)cc3)cc2)cc1.c1ccc(N(c2ccccc2)c2ccc(N(c3ccc(N(c4ccccc4)c4ccccc4)cc3)c3ccc(N(c4ccccc4)c4ccccc4)cc3)cc2)cc1.c1ccc2c(c1)-c1nc-2nc2[n-]c(nc3nc(nc4[n-]c(n1)c1ccccc41)-c1ccccc1-3)c1ccccc21. The van der Waals surface area contributed by atoms with Gasteiger partial charge in [-0.05, 0) is 251 Å². The van der Waals surface area contributed by atoms with Crippen molar-refractivity contribution in [2.75, 3.05) is 29.4 Å². The smallest absolute Gasteiger partial charge is 0.357 e. The number of rotatable bonds is 19. The first-order valence-corrected chi connectivity index (χ1v) is 45.4. The molecule has 0 fully saturated rings. The first-order valence-electron chi connectivity index (χ1n) is 46.4. The van der Waals surface area contributed by atoms with Crippen LogP contribution in [0.3, 0.4) is 0 Å². The third-order valence-corrected chi connectivity index (χ3v) is 24.2. The van der Waals surface area contributed by atoms with E-state index in [1.807, 2.05) is 97.1 Å². The summed E-state index contributed by atoms with van der Waals surface area (Å²) >= 11 is 0. The maximum atomic E-state index is 5.90. The van der Waals surface area contributed by atoms with Crippen molar-refractivity contribution in [1.29, 1.82) is 2.56 Å². The zero-order valence-corrected chi connectivity index (χ0v) is 79.1. The molecule has 3 aromatic heterocycles. The van der Waals surface area contributed by atoms with Crippen LogP contribution >= 0.6 is 9.79 Å². The summed E-state index contributed by atoms with van der Waals surface area (Å²) in [6.45, 7) is 0. The van der Waals surface area contributed by atoms with Gasteiger partial charge < -0.3 is 59.3 Å². The molecule has 0 aliphatic carbocycles. The Bertz CT molecular complexity index is 7150. The van der Waals surface area contributed by atoms with E-state index in [0.29, 0.717) is 45.9 Å². The van der Waals surface area contributed by atoms with Crippen molar-refractivity contribution in [3.63, 3.8) is 0 Å². The molecule has 5 heterocycles. The van der Waals surface area contributed by atoms with E-state index in [1.54, 1.807) is 0 Å². The van der Waals surface area contributed by atoms with Crippen molar-refractivity contribution in [2.24, 2.45) is 0 Å². The standard InChI is InChI=1S/C54H42N4.C36H28N2.C32H16N8.H3P.Zn/c1-7-19-43(20-8-1)55(44-21-9-2-10-22-44)49-31-37-52(38-32-49)58(53-39-33-50(34-40-53)56(45-23-11-3-12-24-45)46-25-13-4-14-26-46)54-41-35-51(36-42-54)57(47-27-15-5-16-28-47)48-29-17-6-18-30-48;1-5-13-31(14-6-1)37(32-15-7-2-8-16-32)35-25-21-29(22-26-35)30-23-27-36(28-24-30)38(33-17-9-3-10-18-33)34-19-11-4-12-20-34;1-2-10-18-17(9-1)25-33-26(18)38-28-21-13-5-6-14-22(21)30(35-28)40-32-24-16-8-7-15-23(24)31(36-32)39-29-20-12-4-3-11-19(20)27(34-29)37-25;;/h1-42H;1-28H;1-16H;1H3;/q;;-2;;+2/i;;;1TD;. The quantitative estimate of drug-likeness (QED) is 0.0563. The third kappa shape index (κ3) is 18.6. The molecule has 0 saturated heterocycles. The summed E-state index contributed by atoms with van der Waals surface area (Å²) in [6.07, 6.45) is 0. The van der Waals surface area contributed by atoms with Crippen LogP contribution in [-0.4, -0.2) is 32.5 Å². The molecule has 19 aromatic carbocycles. The largest absolute Gasteiger partial charge is 2.00 e. The maximum Gasteiger partial charge on any atom is 2.00 e. The average molecular weight is 1850 g/mol. The van der Waals surface area contributed by atoms with Gasteiger partial charge in [-0.2, -0.15) is 9.79 Å². The number of hydrogen-bond acceptors (Lipinski definition) is 12. The zero-order chi connectivity index (χ0) is 93.4. The van der Waals surface area contributed by atoms with E-state index in [-0.39, 0.29) is 19.5 Å². The van der Waals surface area contributed by atoms with Gasteiger partial charge in [0, 0.05) is 147 Å². The molecule has 24 rings (SSSR count). The van der Waals surface area contributed by atoms with E-state index < -0.39 is 9.79 Å². The van der Waals surface area contributed by atoms with E-state index in [0.717, 1.165) is 146 Å². The molecule has 0 amide bonds. The fraction of sp³-hybridized carbons (Fsp3) is 0. The van der Waals surface area contributed by atoms with Gasteiger partial charge in [0.05, 0.1) is 25.9 Å². The van der Waals surface area contributed by atoms with Crippen molar-refractivity contribution in [1.82, 2.24) is 39.9 Å². The van der Waals surface area contributed by atoms with Gasteiger partial charge >= 0.3 is 19.5 Å². The molecule has 2 aliphatic rings. The number of hydrogen-bond donors (Lipinski definition) is 0. The molecule has 138 heavy (non-hydrogen) atoms. The molecule has 22 aromatic rings. The van der Waals surface area contributed by atoms with E-state index in [1.165, 1.54) is 11.1 Å². The number of nitrogens with zero attached hydrogens (tertiary/aromatic N) is 14. The van der Waals surface area contributed by atoms with Crippen LogP contribution in [0.25, 0.3) is 101 Å². The summed E-state index contributed by atoms with van der Waals surface area (Å²) in [7, 11) is -0.417. The minimum absolute atomic E-state index is 0. The van der Waals surface area contributed by atoms with Gasteiger partial charge in [-0.25, -0.2) is 9.97 Å². The fourth-order valence-electron chi connectivity index (χ4n) is 17.8. The van der Waals surface area contributed by atoms with Gasteiger partial charge in [0.1, 0.15) is 0 Å². The van der Waals surface area contributed by atoms with Gasteiger partial charge in [0.2, 0.25) is 0 Å². The topological polar surface area (TPSA) is 125 Å². The van der Waals surface area contributed by atoms with E-state index >= 15 is 0 Å². The van der Waals surface area contributed by atoms with Gasteiger partial charge in [-0.1, -0.05) is 303 Å². The Morgan fingerprint density at radius 1 is 0.167 bits per heavy atom. The maximum absolute atomic E-state index is 5.90. The summed E-state index contributed by atoms with van der Waals surface area (Å²) in [5.41, 5.74) is 28.0. The Balaban J connectivity index is 0.000000130. The Morgan fingerprint density at radius 2 is 0.290 bits per heavy atom. The van der Waals surface area contributed by atoms with Crippen LogP contribution in [0.5, 0.6) is 0 Å². The Labute approximate surface area is 820 Å². The zero-order valence-electron chi connectivity index (χ0n) is 77.1. The summed E-state index contributed by atoms with van der Waals surface area (Å²) in [5, 5.41) is 3.57. The van der Waals surface area contributed by atoms with E-state index in [9.17, 15) is 0 Å². The minimum atomic E-state index is -0.417. The van der Waals surface area contributed by atoms with E-state index in [2.05, 4.69) is 454 Å². The van der Waals surface area contributed by atoms with Crippen LogP contribution in [0.4, 0.5) is 102 Å². The summed E-state index contributed by atoms with van der Waals surface area (Å²) in [6, 6.07) is 181. The Hall–Kier alpha value is -17.6. The van der Waals surface area contributed by atoms with Gasteiger partial charge in [0.25, 0.3) is 0 Å². The second kappa shape index (κ2) is 40.9. The van der Waals surface area contributed by atoms with Crippen molar-refractivity contribution in [3.05, 3.63) is 522 Å². The predicted octanol–water partition coefficient (Wildman–Crippen LogP) is 32.0. The average Bonchev–Trinajstić information content (AvgIpc) is 1.59. The summed E-state index contributed by atoms with van der Waals surface area (Å²) in [5.74, 6) is 2.21. The molecular weight excluding hydrogens is 1760 g/mol. The third-order valence-electron chi connectivity index (χ3n) is 24.2. The molecule has 0 radical (unpaired) electrons. The summed E-state index contributed by atoms with van der Waals surface area (Å²) < 4.78 is 11.8. The Morgan fingerprint density at radius 3 is 0.442 bits per heavy atom. The van der Waals surface area contributed by atoms with Crippen LogP contribution in [0.15, 0.2) is 522 Å². The first kappa shape index (κ1) is 85.8.